The van der Waals surface area contributed by atoms with Crippen LogP contribution >= 0.6 is 0 Å². The lowest BCUT2D eigenvalue weighted by Gasteiger charge is -2.34. The van der Waals surface area contributed by atoms with Crippen molar-refractivity contribution in [1.82, 2.24) is 0 Å². The molecule has 0 saturated carbocycles. The molecule has 0 N–H and O–H groups in total. The van der Waals surface area contributed by atoms with Crippen LogP contribution in [0, 0.1) is 0 Å². The lowest BCUT2D eigenvalue weighted by molar-refractivity contribution is -0.137. The summed E-state index contributed by atoms with van der Waals surface area (Å²) in [5.41, 5.74) is 1.58. The predicted molar refractivity (Wildman–Crippen MR) is 126 cm³/mol. The minimum atomic E-state index is -4.30. The monoisotopic (exact) mass is 438 g/mol. The van der Waals surface area contributed by atoms with Crippen molar-refractivity contribution in [2.45, 2.75) is 65.1 Å². The maximum Gasteiger partial charge on any atom is 0.416 e. The SMILES string of the molecule is C[Si](C)(C)c1ccc([Si](C)(C)C)c([Si](C)(C)C)c1-c1ccc(C(F)(F)F)cc1. The highest BCUT2D eigenvalue weighted by atomic mass is 28.3. The summed E-state index contributed by atoms with van der Waals surface area (Å²) in [7, 11) is -5.03. The largest absolute Gasteiger partial charge is 0.416 e. The molecular weight excluding hydrogens is 405 g/mol. The molecule has 0 spiro atoms. The Morgan fingerprint density at radius 3 is 1.36 bits per heavy atom. The number of benzene rings is 2. The lowest BCUT2D eigenvalue weighted by atomic mass is 10.0. The van der Waals surface area contributed by atoms with Crippen molar-refractivity contribution in [1.29, 1.82) is 0 Å². The van der Waals surface area contributed by atoms with Crippen LogP contribution in [0.15, 0.2) is 36.4 Å². The molecule has 6 heteroatoms. The maximum absolute atomic E-state index is 13.1. The zero-order valence-electron chi connectivity index (χ0n) is 18.6. The van der Waals surface area contributed by atoms with Gasteiger partial charge >= 0.3 is 6.18 Å². The van der Waals surface area contributed by atoms with E-state index in [2.05, 4.69) is 71.1 Å². The van der Waals surface area contributed by atoms with E-state index in [0.29, 0.717) is 0 Å². The number of alkyl halides is 3. The van der Waals surface area contributed by atoms with E-state index in [9.17, 15) is 13.2 Å². The molecule has 0 radical (unpaired) electrons. The summed E-state index contributed by atoms with van der Waals surface area (Å²) in [4.78, 5) is 0. The second kappa shape index (κ2) is 7.29. The molecule has 0 saturated heterocycles. The fraction of sp³-hybridized carbons (Fsp3) is 0.455. The Bertz CT molecular complexity index is 847. The fourth-order valence-electron chi connectivity index (χ4n) is 3.76. The van der Waals surface area contributed by atoms with Crippen molar-refractivity contribution in [2.75, 3.05) is 0 Å². The van der Waals surface area contributed by atoms with E-state index in [0.717, 1.165) is 5.56 Å². The summed E-state index contributed by atoms with van der Waals surface area (Å²) in [5.74, 6) is 0. The average molecular weight is 439 g/mol. The maximum atomic E-state index is 13.1. The second-order valence-electron chi connectivity index (χ2n) is 10.7. The first-order valence-corrected chi connectivity index (χ1v) is 20.3. The number of rotatable bonds is 4. The predicted octanol–water partition coefficient (Wildman–Crippen LogP) is 6.01. The Morgan fingerprint density at radius 2 is 1.00 bits per heavy atom. The van der Waals surface area contributed by atoms with E-state index in [-0.39, 0.29) is 0 Å². The van der Waals surface area contributed by atoms with Gasteiger partial charge in [0.1, 0.15) is 0 Å². The molecule has 28 heavy (non-hydrogen) atoms. The highest BCUT2D eigenvalue weighted by Gasteiger charge is 2.35. The van der Waals surface area contributed by atoms with Gasteiger partial charge in [-0.15, -0.1) is 0 Å². The van der Waals surface area contributed by atoms with Gasteiger partial charge in [0.2, 0.25) is 0 Å². The topological polar surface area (TPSA) is 0 Å². The van der Waals surface area contributed by atoms with Gasteiger partial charge in [-0.25, -0.2) is 0 Å². The van der Waals surface area contributed by atoms with Gasteiger partial charge < -0.3 is 0 Å². The summed E-state index contributed by atoms with van der Waals surface area (Å²) < 4.78 is 39.3. The first kappa shape index (κ1) is 23.2. The van der Waals surface area contributed by atoms with Crippen molar-refractivity contribution in [3.63, 3.8) is 0 Å². The summed E-state index contributed by atoms with van der Waals surface area (Å²) in [6, 6.07) is 10.4. The molecule has 0 amide bonds. The lowest BCUT2D eigenvalue weighted by Crippen LogP contribution is -2.60. The Hall–Kier alpha value is -1.12. The molecule has 0 nitrogen and oxygen atoms in total. The van der Waals surface area contributed by atoms with E-state index >= 15 is 0 Å². The Labute approximate surface area is 171 Å². The van der Waals surface area contributed by atoms with E-state index in [1.807, 2.05) is 0 Å². The van der Waals surface area contributed by atoms with Crippen LogP contribution in [0.5, 0.6) is 0 Å². The van der Waals surface area contributed by atoms with Gasteiger partial charge in [-0.05, 0) is 23.3 Å². The Kier molecular flexibility index (Phi) is 6.03. The molecule has 2 aromatic carbocycles. The smallest absolute Gasteiger partial charge is 0.166 e. The van der Waals surface area contributed by atoms with Crippen LogP contribution in [0.4, 0.5) is 13.2 Å². The van der Waals surface area contributed by atoms with Gasteiger partial charge in [-0.1, -0.05) is 98.7 Å². The van der Waals surface area contributed by atoms with Crippen molar-refractivity contribution < 1.29 is 13.2 Å². The molecule has 0 fully saturated rings. The third-order valence-corrected chi connectivity index (χ3v) is 11.4. The first-order valence-electron chi connectivity index (χ1n) is 9.80. The van der Waals surface area contributed by atoms with E-state index in [1.54, 1.807) is 12.1 Å². The van der Waals surface area contributed by atoms with Crippen molar-refractivity contribution in [3.05, 3.63) is 42.0 Å². The Balaban J connectivity index is 2.93. The average Bonchev–Trinajstić information content (AvgIpc) is 2.50. The van der Waals surface area contributed by atoms with Crippen molar-refractivity contribution >= 4 is 39.8 Å². The molecule has 0 aliphatic rings. The van der Waals surface area contributed by atoms with Crippen LogP contribution in [0.2, 0.25) is 58.9 Å². The molecule has 2 rings (SSSR count). The summed E-state index contributed by atoms with van der Waals surface area (Å²) >= 11 is 0. The molecule has 0 unspecified atom stereocenters. The third kappa shape index (κ3) is 4.89. The van der Waals surface area contributed by atoms with E-state index < -0.39 is 36.0 Å². The summed E-state index contributed by atoms with van der Waals surface area (Å²) in [6.07, 6.45) is -4.30. The molecule has 0 heterocycles. The standard InChI is InChI=1S/C22H33F3Si3/c1-26(2,3)18-14-15-19(27(4,5)6)21(28(7,8)9)20(18)16-10-12-17(13-11-16)22(23,24)25/h10-15H,1-9H3. The number of hydrogen-bond acceptors (Lipinski definition) is 0. The second-order valence-corrected chi connectivity index (χ2v) is 25.8. The van der Waals surface area contributed by atoms with Gasteiger partial charge in [-0.2, -0.15) is 13.2 Å². The third-order valence-electron chi connectivity index (χ3n) is 5.07. The zero-order valence-corrected chi connectivity index (χ0v) is 21.6. The minimum absolute atomic E-state index is 0.582. The van der Waals surface area contributed by atoms with Crippen LogP contribution in [0.1, 0.15) is 5.56 Å². The van der Waals surface area contributed by atoms with E-state index in [1.165, 1.54) is 33.3 Å². The van der Waals surface area contributed by atoms with Gasteiger partial charge in [0.25, 0.3) is 0 Å². The minimum Gasteiger partial charge on any atom is -0.166 e. The molecule has 0 aliphatic heterocycles. The van der Waals surface area contributed by atoms with Crippen LogP contribution < -0.4 is 15.6 Å². The molecule has 154 valence electrons. The highest BCUT2D eigenvalue weighted by Crippen LogP contribution is 2.31. The Morgan fingerprint density at radius 1 is 0.571 bits per heavy atom. The highest BCUT2D eigenvalue weighted by molar-refractivity contribution is 7.00. The van der Waals surface area contributed by atoms with Gasteiger partial charge in [0, 0.05) is 0 Å². The van der Waals surface area contributed by atoms with Gasteiger partial charge in [0.15, 0.2) is 0 Å². The van der Waals surface area contributed by atoms with Crippen LogP contribution in [0.25, 0.3) is 11.1 Å². The molecule has 0 atom stereocenters. The summed E-state index contributed by atoms with van der Waals surface area (Å²) in [5, 5.41) is 4.27. The zero-order chi connectivity index (χ0) is 21.7. The van der Waals surface area contributed by atoms with Crippen LogP contribution in [-0.4, -0.2) is 24.2 Å². The van der Waals surface area contributed by atoms with Gasteiger partial charge in [-0.3, -0.25) is 0 Å². The number of hydrogen-bond donors (Lipinski definition) is 0. The van der Waals surface area contributed by atoms with Crippen LogP contribution in [-0.2, 0) is 6.18 Å². The van der Waals surface area contributed by atoms with Crippen molar-refractivity contribution in [2.24, 2.45) is 0 Å². The molecular formula is C22H33F3Si3. The molecule has 0 aliphatic carbocycles. The van der Waals surface area contributed by atoms with Gasteiger partial charge in [0.05, 0.1) is 29.8 Å². The number of halogens is 3. The van der Waals surface area contributed by atoms with Crippen LogP contribution in [0.3, 0.4) is 0 Å². The molecule has 2 aromatic rings. The summed E-state index contributed by atoms with van der Waals surface area (Å²) in [6.45, 7) is 21.1. The van der Waals surface area contributed by atoms with Crippen molar-refractivity contribution in [3.8, 4) is 11.1 Å². The molecule has 0 aromatic heterocycles. The molecule has 0 bridgehead atoms. The first-order chi connectivity index (χ1) is 12.4. The van der Waals surface area contributed by atoms with E-state index in [4.69, 9.17) is 0 Å². The fourth-order valence-corrected chi connectivity index (χ4v) is 11.1. The quantitative estimate of drug-likeness (QED) is 0.513. The normalized spacial score (nSPS) is 13.7.